The van der Waals surface area contributed by atoms with Crippen LogP contribution in [0, 0.1) is 0 Å². The molecule has 1 aliphatic carbocycles. The van der Waals surface area contributed by atoms with Gasteiger partial charge in [-0.05, 0) is 30.5 Å². The fourth-order valence-electron chi connectivity index (χ4n) is 3.80. The van der Waals surface area contributed by atoms with E-state index < -0.39 is 5.60 Å². The van der Waals surface area contributed by atoms with E-state index in [4.69, 9.17) is 11.6 Å². The predicted molar refractivity (Wildman–Crippen MR) is 86.9 cm³/mol. The second-order valence-electron chi connectivity index (χ2n) is 6.47. The fraction of sp³-hybridized carbons (Fsp3) is 0.647. The maximum absolute atomic E-state index is 11.1. The minimum Gasteiger partial charge on any atom is -0.389 e. The summed E-state index contributed by atoms with van der Waals surface area (Å²) < 4.78 is 0. The average Bonchev–Trinajstić information content (AvgIpc) is 2.93. The third-order valence-electron chi connectivity index (χ3n) is 5.02. The van der Waals surface area contributed by atoms with Crippen molar-refractivity contribution < 1.29 is 5.11 Å². The summed E-state index contributed by atoms with van der Waals surface area (Å²) in [5.74, 6) is 0.164. The SMILES string of the molecule is OC1(C(CN2CCNCC2)c2cccc(Cl)c2)CCCC1. The van der Waals surface area contributed by atoms with Gasteiger partial charge in [0.05, 0.1) is 5.60 Å². The molecule has 0 bridgehead atoms. The lowest BCUT2D eigenvalue weighted by atomic mass is 9.80. The molecule has 1 aliphatic heterocycles. The number of rotatable bonds is 4. The number of hydrogen-bond donors (Lipinski definition) is 2. The minimum absolute atomic E-state index is 0.164. The highest BCUT2D eigenvalue weighted by Crippen LogP contribution is 2.42. The highest BCUT2D eigenvalue weighted by atomic mass is 35.5. The number of nitrogens with zero attached hydrogens (tertiary/aromatic N) is 1. The van der Waals surface area contributed by atoms with Crippen molar-refractivity contribution in [3.8, 4) is 0 Å². The van der Waals surface area contributed by atoms with Crippen LogP contribution in [0.3, 0.4) is 0 Å². The lowest BCUT2D eigenvalue weighted by molar-refractivity contribution is 0.00497. The minimum atomic E-state index is -0.560. The molecule has 1 saturated heterocycles. The Balaban J connectivity index is 1.83. The molecule has 1 atom stereocenters. The topological polar surface area (TPSA) is 35.5 Å². The molecule has 2 aliphatic rings. The Morgan fingerprint density at radius 2 is 1.95 bits per heavy atom. The summed E-state index contributed by atoms with van der Waals surface area (Å²) in [5, 5.41) is 15.3. The van der Waals surface area contributed by atoms with E-state index in [0.717, 1.165) is 63.4 Å². The van der Waals surface area contributed by atoms with Crippen molar-refractivity contribution in [3.63, 3.8) is 0 Å². The van der Waals surface area contributed by atoms with Gasteiger partial charge < -0.3 is 15.3 Å². The van der Waals surface area contributed by atoms with Crippen molar-refractivity contribution in [1.29, 1.82) is 0 Å². The van der Waals surface area contributed by atoms with Crippen LogP contribution < -0.4 is 5.32 Å². The van der Waals surface area contributed by atoms with Crippen LogP contribution in [0.2, 0.25) is 5.02 Å². The lowest BCUT2D eigenvalue weighted by Crippen LogP contribution is -2.48. The van der Waals surface area contributed by atoms with Crippen LogP contribution in [-0.4, -0.2) is 48.3 Å². The fourth-order valence-corrected chi connectivity index (χ4v) is 4.00. The molecule has 0 spiro atoms. The van der Waals surface area contributed by atoms with Gasteiger partial charge in [-0.2, -0.15) is 0 Å². The first kappa shape index (κ1) is 15.3. The molecule has 1 heterocycles. The van der Waals surface area contributed by atoms with Crippen molar-refractivity contribution in [3.05, 3.63) is 34.9 Å². The predicted octanol–water partition coefficient (Wildman–Crippen LogP) is 2.63. The molecule has 2 N–H and O–H groups in total. The van der Waals surface area contributed by atoms with Crippen LogP contribution in [0.4, 0.5) is 0 Å². The first-order chi connectivity index (χ1) is 10.2. The zero-order valence-electron chi connectivity index (χ0n) is 12.5. The Bertz CT molecular complexity index is 468. The molecule has 1 unspecified atom stereocenters. The number of halogens is 1. The quantitative estimate of drug-likeness (QED) is 0.897. The summed E-state index contributed by atoms with van der Waals surface area (Å²) in [6.45, 7) is 5.14. The first-order valence-corrected chi connectivity index (χ1v) is 8.46. The maximum atomic E-state index is 11.1. The normalized spacial score (nSPS) is 24.1. The summed E-state index contributed by atoms with van der Waals surface area (Å²) in [7, 11) is 0. The summed E-state index contributed by atoms with van der Waals surface area (Å²) in [6.07, 6.45) is 4.09. The molecule has 0 radical (unpaired) electrons. The van der Waals surface area contributed by atoms with Crippen molar-refractivity contribution in [1.82, 2.24) is 10.2 Å². The molecule has 0 amide bonds. The standard InChI is InChI=1S/C17H25ClN2O/c18-15-5-3-4-14(12-15)16(17(21)6-1-2-7-17)13-20-10-8-19-9-11-20/h3-5,12,16,19,21H,1-2,6-11,13H2. The van der Waals surface area contributed by atoms with E-state index in [9.17, 15) is 5.11 Å². The third-order valence-corrected chi connectivity index (χ3v) is 5.25. The number of benzene rings is 1. The Morgan fingerprint density at radius 3 is 2.62 bits per heavy atom. The van der Waals surface area contributed by atoms with Crippen LogP contribution in [0.5, 0.6) is 0 Å². The number of nitrogens with one attached hydrogen (secondary N) is 1. The summed E-state index contributed by atoms with van der Waals surface area (Å²) in [5.41, 5.74) is 0.626. The van der Waals surface area contributed by atoms with E-state index in [-0.39, 0.29) is 5.92 Å². The van der Waals surface area contributed by atoms with Gasteiger partial charge in [0.25, 0.3) is 0 Å². The van der Waals surface area contributed by atoms with Crippen LogP contribution in [0.15, 0.2) is 24.3 Å². The van der Waals surface area contributed by atoms with Gasteiger partial charge in [-0.3, -0.25) is 0 Å². The van der Waals surface area contributed by atoms with Crippen LogP contribution in [0.1, 0.15) is 37.2 Å². The molecule has 2 fully saturated rings. The maximum Gasteiger partial charge on any atom is 0.0728 e. The molecule has 21 heavy (non-hydrogen) atoms. The average molecular weight is 309 g/mol. The number of aliphatic hydroxyl groups is 1. The van der Waals surface area contributed by atoms with E-state index in [1.54, 1.807) is 0 Å². The molecule has 3 rings (SSSR count). The van der Waals surface area contributed by atoms with Gasteiger partial charge in [-0.15, -0.1) is 0 Å². The number of piperazine rings is 1. The van der Waals surface area contributed by atoms with Gasteiger partial charge in [0.2, 0.25) is 0 Å². The lowest BCUT2D eigenvalue weighted by Gasteiger charge is -2.38. The van der Waals surface area contributed by atoms with E-state index in [2.05, 4.69) is 16.3 Å². The van der Waals surface area contributed by atoms with E-state index in [1.165, 1.54) is 5.56 Å². The van der Waals surface area contributed by atoms with Gasteiger partial charge in [0, 0.05) is 43.7 Å². The van der Waals surface area contributed by atoms with Crippen LogP contribution >= 0.6 is 11.6 Å². The summed E-state index contributed by atoms with van der Waals surface area (Å²) >= 11 is 6.18. The van der Waals surface area contributed by atoms with Crippen molar-refractivity contribution in [2.75, 3.05) is 32.7 Å². The highest BCUT2D eigenvalue weighted by Gasteiger charge is 2.41. The zero-order valence-corrected chi connectivity index (χ0v) is 13.3. The molecule has 116 valence electrons. The summed E-state index contributed by atoms with van der Waals surface area (Å²) in [4.78, 5) is 2.47. The van der Waals surface area contributed by atoms with Gasteiger partial charge >= 0.3 is 0 Å². The first-order valence-electron chi connectivity index (χ1n) is 8.08. The second-order valence-corrected chi connectivity index (χ2v) is 6.91. The smallest absolute Gasteiger partial charge is 0.0728 e. The molecule has 3 nitrogen and oxygen atoms in total. The van der Waals surface area contributed by atoms with Crippen molar-refractivity contribution in [2.45, 2.75) is 37.2 Å². The van der Waals surface area contributed by atoms with E-state index >= 15 is 0 Å². The Hall–Kier alpha value is -0.610. The number of hydrogen-bond acceptors (Lipinski definition) is 3. The molecular formula is C17H25ClN2O. The van der Waals surface area contributed by atoms with Crippen LogP contribution in [-0.2, 0) is 0 Å². The van der Waals surface area contributed by atoms with Gasteiger partial charge in [0.15, 0.2) is 0 Å². The van der Waals surface area contributed by atoms with Crippen molar-refractivity contribution >= 4 is 11.6 Å². The van der Waals surface area contributed by atoms with Crippen molar-refractivity contribution in [2.24, 2.45) is 0 Å². The molecule has 1 aromatic rings. The zero-order chi connectivity index (χ0) is 14.7. The monoisotopic (exact) mass is 308 g/mol. The van der Waals surface area contributed by atoms with Crippen LogP contribution in [0.25, 0.3) is 0 Å². The van der Waals surface area contributed by atoms with E-state index in [0.29, 0.717) is 0 Å². The largest absolute Gasteiger partial charge is 0.389 e. The highest BCUT2D eigenvalue weighted by molar-refractivity contribution is 6.30. The van der Waals surface area contributed by atoms with Gasteiger partial charge in [-0.1, -0.05) is 36.6 Å². The van der Waals surface area contributed by atoms with E-state index in [1.807, 2.05) is 18.2 Å². The molecule has 0 aromatic heterocycles. The third kappa shape index (κ3) is 3.59. The Labute approximate surface area is 132 Å². The Kier molecular flexibility index (Phi) is 4.85. The van der Waals surface area contributed by atoms with Gasteiger partial charge in [0.1, 0.15) is 0 Å². The molecule has 1 aromatic carbocycles. The molecular weight excluding hydrogens is 284 g/mol. The molecule has 1 saturated carbocycles. The molecule has 4 heteroatoms. The summed E-state index contributed by atoms with van der Waals surface area (Å²) in [6, 6.07) is 8.06. The second kappa shape index (κ2) is 6.66. The Morgan fingerprint density at radius 1 is 1.24 bits per heavy atom. The van der Waals surface area contributed by atoms with Gasteiger partial charge in [-0.25, -0.2) is 0 Å².